The average Bonchev–Trinajstić information content (AvgIpc) is 2.61. The maximum atomic E-state index is 12.8. The van der Waals surface area contributed by atoms with Gasteiger partial charge in [0, 0.05) is 6.54 Å². The standard InChI is InChI=1S/C19H20FN3O2/c1-23(13-16-4-2-15(12-21)3-5-16)14-19(24)22-10-11-25-18-8-6-17(20)7-9-18/h2-9H,10-11,13-14H2,1H3,(H,22,24). The van der Waals surface area contributed by atoms with E-state index in [1.807, 2.05) is 24.1 Å². The van der Waals surface area contributed by atoms with Crippen molar-refractivity contribution < 1.29 is 13.9 Å². The van der Waals surface area contributed by atoms with E-state index in [2.05, 4.69) is 11.4 Å². The van der Waals surface area contributed by atoms with E-state index in [0.717, 1.165) is 5.56 Å². The van der Waals surface area contributed by atoms with Crippen LogP contribution < -0.4 is 10.1 Å². The molecule has 0 unspecified atom stereocenters. The highest BCUT2D eigenvalue weighted by Crippen LogP contribution is 2.10. The highest BCUT2D eigenvalue weighted by atomic mass is 19.1. The number of amides is 1. The number of nitrogens with zero attached hydrogens (tertiary/aromatic N) is 2. The molecule has 2 aromatic carbocycles. The van der Waals surface area contributed by atoms with Crippen molar-refractivity contribution in [3.8, 4) is 11.8 Å². The molecule has 2 aromatic rings. The van der Waals surface area contributed by atoms with Crippen LogP contribution in [0, 0.1) is 17.1 Å². The molecule has 1 N–H and O–H groups in total. The number of carbonyl (C=O) groups excluding carboxylic acids is 1. The fourth-order valence-electron chi connectivity index (χ4n) is 2.24. The summed E-state index contributed by atoms with van der Waals surface area (Å²) in [7, 11) is 1.85. The van der Waals surface area contributed by atoms with Crippen LogP contribution in [-0.4, -0.2) is 37.6 Å². The van der Waals surface area contributed by atoms with Crippen molar-refractivity contribution in [1.82, 2.24) is 10.2 Å². The molecule has 0 aliphatic rings. The number of halogens is 1. The van der Waals surface area contributed by atoms with E-state index in [1.165, 1.54) is 12.1 Å². The molecule has 0 aliphatic carbocycles. The lowest BCUT2D eigenvalue weighted by atomic mass is 10.1. The molecule has 0 saturated carbocycles. The topological polar surface area (TPSA) is 65.4 Å². The van der Waals surface area contributed by atoms with Crippen molar-refractivity contribution in [3.63, 3.8) is 0 Å². The zero-order valence-electron chi connectivity index (χ0n) is 14.0. The molecule has 0 fully saturated rings. The zero-order valence-corrected chi connectivity index (χ0v) is 14.0. The number of hydrogen-bond donors (Lipinski definition) is 1. The molecule has 1 amide bonds. The summed E-state index contributed by atoms with van der Waals surface area (Å²) in [4.78, 5) is 13.8. The second-order valence-electron chi connectivity index (χ2n) is 5.63. The van der Waals surface area contributed by atoms with Crippen molar-refractivity contribution >= 4 is 5.91 Å². The van der Waals surface area contributed by atoms with E-state index < -0.39 is 0 Å². The second kappa shape index (κ2) is 9.40. The van der Waals surface area contributed by atoms with Crippen LogP contribution in [0.3, 0.4) is 0 Å². The van der Waals surface area contributed by atoms with Gasteiger partial charge in [-0.2, -0.15) is 5.26 Å². The van der Waals surface area contributed by atoms with Crippen molar-refractivity contribution in [2.45, 2.75) is 6.54 Å². The fraction of sp³-hybridized carbons (Fsp3) is 0.263. The highest BCUT2D eigenvalue weighted by Gasteiger charge is 2.07. The first kappa shape index (κ1) is 18.4. The number of nitriles is 1. The third-order valence-electron chi connectivity index (χ3n) is 3.46. The van der Waals surface area contributed by atoms with E-state index in [0.29, 0.717) is 31.0 Å². The Morgan fingerprint density at radius 3 is 2.52 bits per heavy atom. The summed E-state index contributed by atoms with van der Waals surface area (Å²) in [6, 6.07) is 15.1. The van der Waals surface area contributed by atoms with Crippen LogP contribution >= 0.6 is 0 Å². The van der Waals surface area contributed by atoms with Gasteiger partial charge in [-0.05, 0) is 49.0 Å². The van der Waals surface area contributed by atoms with Gasteiger partial charge < -0.3 is 10.1 Å². The molecule has 0 saturated heterocycles. The molecule has 0 spiro atoms. The maximum Gasteiger partial charge on any atom is 0.234 e. The molecule has 0 aromatic heterocycles. The number of nitrogens with one attached hydrogen (secondary N) is 1. The monoisotopic (exact) mass is 341 g/mol. The zero-order chi connectivity index (χ0) is 18.1. The molecule has 25 heavy (non-hydrogen) atoms. The van der Waals surface area contributed by atoms with Gasteiger partial charge in [-0.25, -0.2) is 4.39 Å². The molecule has 0 aliphatic heterocycles. The molecule has 6 heteroatoms. The van der Waals surface area contributed by atoms with E-state index in [1.54, 1.807) is 24.3 Å². The Hall–Kier alpha value is -2.91. The van der Waals surface area contributed by atoms with Crippen LogP contribution in [0.2, 0.25) is 0 Å². The Balaban J connectivity index is 1.65. The molecule has 2 rings (SSSR count). The SMILES string of the molecule is CN(CC(=O)NCCOc1ccc(F)cc1)Cc1ccc(C#N)cc1. The predicted molar refractivity (Wildman–Crippen MR) is 92.4 cm³/mol. The first-order chi connectivity index (χ1) is 12.1. The van der Waals surface area contributed by atoms with Crippen molar-refractivity contribution in [2.75, 3.05) is 26.7 Å². The summed E-state index contributed by atoms with van der Waals surface area (Å²) < 4.78 is 18.2. The van der Waals surface area contributed by atoms with E-state index in [4.69, 9.17) is 10.00 Å². The van der Waals surface area contributed by atoms with Gasteiger partial charge in [-0.1, -0.05) is 12.1 Å². The number of hydrogen-bond acceptors (Lipinski definition) is 4. The Morgan fingerprint density at radius 2 is 1.88 bits per heavy atom. The van der Waals surface area contributed by atoms with Gasteiger partial charge in [0.2, 0.25) is 5.91 Å². The predicted octanol–water partition coefficient (Wildman–Crippen LogP) is 2.32. The summed E-state index contributed by atoms with van der Waals surface area (Å²) in [6.45, 7) is 1.57. The Morgan fingerprint density at radius 1 is 1.20 bits per heavy atom. The van der Waals surface area contributed by atoms with Crippen LogP contribution in [0.25, 0.3) is 0 Å². The van der Waals surface area contributed by atoms with Crippen LogP contribution in [0.15, 0.2) is 48.5 Å². The third-order valence-corrected chi connectivity index (χ3v) is 3.46. The first-order valence-electron chi connectivity index (χ1n) is 7.89. The fourth-order valence-corrected chi connectivity index (χ4v) is 2.24. The van der Waals surface area contributed by atoms with Gasteiger partial charge in [0.25, 0.3) is 0 Å². The molecular formula is C19H20FN3O2. The average molecular weight is 341 g/mol. The van der Waals surface area contributed by atoms with Crippen LogP contribution in [-0.2, 0) is 11.3 Å². The minimum absolute atomic E-state index is 0.0983. The van der Waals surface area contributed by atoms with Crippen molar-refractivity contribution in [3.05, 3.63) is 65.5 Å². The van der Waals surface area contributed by atoms with E-state index in [-0.39, 0.29) is 18.3 Å². The summed E-state index contributed by atoms with van der Waals surface area (Å²) in [5, 5.41) is 11.6. The summed E-state index contributed by atoms with van der Waals surface area (Å²) in [5.41, 5.74) is 1.65. The van der Waals surface area contributed by atoms with Crippen LogP contribution in [0.1, 0.15) is 11.1 Å². The van der Waals surface area contributed by atoms with Gasteiger partial charge in [0.15, 0.2) is 0 Å². The number of benzene rings is 2. The van der Waals surface area contributed by atoms with Gasteiger partial charge in [-0.3, -0.25) is 9.69 Å². The van der Waals surface area contributed by atoms with Gasteiger partial charge in [0.05, 0.1) is 24.7 Å². The molecule has 130 valence electrons. The Bertz CT molecular complexity index is 724. The Kier molecular flexibility index (Phi) is 6.93. The van der Waals surface area contributed by atoms with E-state index in [9.17, 15) is 9.18 Å². The molecular weight excluding hydrogens is 321 g/mol. The van der Waals surface area contributed by atoms with Gasteiger partial charge in [0.1, 0.15) is 18.2 Å². The van der Waals surface area contributed by atoms with Crippen LogP contribution in [0.5, 0.6) is 5.75 Å². The minimum atomic E-state index is -0.314. The van der Waals surface area contributed by atoms with Crippen molar-refractivity contribution in [1.29, 1.82) is 5.26 Å². The molecule has 5 nitrogen and oxygen atoms in total. The lowest BCUT2D eigenvalue weighted by Crippen LogP contribution is -2.36. The van der Waals surface area contributed by atoms with Crippen molar-refractivity contribution in [2.24, 2.45) is 0 Å². The summed E-state index contributed by atoms with van der Waals surface area (Å²) >= 11 is 0. The van der Waals surface area contributed by atoms with Gasteiger partial charge in [-0.15, -0.1) is 0 Å². The maximum absolute atomic E-state index is 12.8. The Labute approximate surface area is 146 Å². The second-order valence-corrected chi connectivity index (χ2v) is 5.63. The normalized spacial score (nSPS) is 10.3. The quantitative estimate of drug-likeness (QED) is 0.749. The molecule has 0 radical (unpaired) electrons. The number of rotatable bonds is 8. The largest absolute Gasteiger partial charge is 0.492 e. The van der Waals surface area contributed by atoms with E-state index >= 15 is 0 Å². The summed E-state index contributed by atoms with van der Waals surface area (Å²) in [6.07, 6.45) is 0. The number of carbonyl (C=O) groups is 1. The molecule has 0 heterocycles. The minimum Gasteiger partial charge on any atom is -0.492 e. The highest BCUT2D eigenvalue weighted by molar-refractivity contribution is 5.77. The smallest absolute Gasteiger partial charge is 0.234 e. The number of ether oxygens (including phenoxy) is 1. The first-order valence-corrected chi connectivity index (χ1v) is 7.89. The van der Waals surface area contributed by atoms with Gasteiger partial charge >= 0.3 is 0 Å². The summed E-state index contributed by atoms with van der Waals surface area (Å²) in [5.74, 6) is 0.151. The van der Waals surface area contributed by atoms with Crippen LogP contribution in [0.4, 0.5) is 4.39 Å². The lowest BCUT2D eigenvalue weighted by molar-refractivity contribution is -0.122. The lowest BCUT2D eigenvalue weighted by Gasteiger charge is -2.16. The molecule has 0 atom stereocenters. The number of likely N-dealkylation sites (N-methyl/N-ethyl adjacent to an activating group) is 1. The third kappa shape index (κ3) is 6.61. The molecule has 0 bridgehead atoms.